The Balaban J connectivity index is 1.83. The second kappa shape index (κ2) is 12.2. The third kappa shape index (κ3) is 8.39. The Kier molecular flexibility index (Phi) is 9.68. The Morgan fingerprint density at radius 3 is 2.33 bits per heavy atom. The monoisotopic (exact) mass is 478 g/mol. The highest BCUT2D eigenvalue weighted by Crippen LogP contribution is 2.17. The van der Waals surface area contributed by atoms with E-state index in [1.165, 1.54) is 31.4 Å². The molecule has 2 aromatic rings. The van der Waals surface area contributed by atoms with Crippen molar-refractivity contribution >= 4 is 21.9 Å². The summed E-state index contributed by atoms with van der Waals surface area (Å²) >= 11 is 0. The molecule has 180 valence electrons. The van der Waals surface area contributed by atoms with Crippen molar-refractivity contribution in [2.24, 2.45) is 5.92 Å². The molecule has 2 N–H and O–H groups in total. The number of benzene rings is 2. The van der Waals surface area contributed by atoms with Crippen LogP contribution in [0.2, 0.25) is 0 Å². The molecule has 1 atom stereocenters. The van der Waals surface area contributed by atoms with Gasteiger partial charge in [0.05, 0.1) is 18.6 Å². The molecular formula is C23H30N2O7S. The van der Waals surface area contributed by atoms with Crippen molar-refractivity contribution in [2.75, 3.05) is 26.9 Å². The van der Waals surface area contributed by atoms with Crippen molar-refractivity contribution in [2.45, 2.75) is 31.7 Å². The van der Waals surface area contributed by atoms with Crippen LogP contribution in [0.5, 0.6) is 11.5 Å². The Morgan fingerprint density at radius 2 is 1.73 bits per heavy atom. The summed E-state index contributed by atoms with van der Waals surface area (Å²) in [7, 11) is -2.51. The molecule has 0 bridgehead atoms. The molecule has 0 unspecified atom stereocenters. The lowest BCUT2D eigenvalue weighted by Gasteiger charge is -2.20. The fraction of sp³-hybridized carbons (Fsp3) is 0.391. The third-order valence-corrected chi connectivity index (χ3v) is 6.06. The number of nitrogens with one attached hydrogen (secondary N) is 2. The molecule has 0 spiro atoms. The van der Waals surface area contributed by atoms with Crippen molar-refractivity contribution in [1.29, 1.82) is 0 Å². The van der Waals surface area contributed by atoms with E-state index in [1.807, 2.05) is 31.2 Å². The van der Waals surface area contributed by atoms with Crippen LogP contribution in [0.4, 0.5) is 0 Å². The molecule has 0 aliphatic carbocycles. The van der Waals surface area contributed by atoms with E-state index >= 15 is 0 Å². The second-order valence-corrected chi connectivity index (χ2v) is 9.36. The highest BCUT2D eigenvalue weighted by Gasteiger charge is 2.30. The Labute approximate surface area is 194 Å². The van der Waals surface area contributed by atoms with E-state index in [0.717, 1.165) is 5.56 Å². The maximum atomic E-state index is 12.6. The van der Waals surface area contributed by atoms with Crippen LogP contribution in [0.25, 0.3) is 0 Å². The first-order chi connectivity index (χ1) is 15.6. The van der Waals surface area contributed by atoms with Gasteiger partial charge >= 0.3 is 5.97 Å². The normalized spacial score (nSPS) is 12.2. The number of esters is 1. The fourth-order valence-electron chi connectivity index (χ4n) is 2.79. The molecule has 0 heterocycles. The quantitative estimate of drug-likeness (QED) is 0.354. The average Bonchev–Trinajstić information content (AvgIpc) is 2.78. The second-order valence-electron chi connectivity index (χ2n) is 7.64. The van der Waals surface area contributed by atoms with Crippen LogP contribution in [0, 0.1) is 12.8 Å². The number of rotatable bonds is 12. The Hall–Kier alpha value is -3.11. The highest BCUT2D eigenvalue weighted by molar-refractivity contribution is 7.89. The summed E-state index contributed by atoms with van der Waals surface area (Å²) in [5.41, 5.74) is 1.06. The van der Waals surface area contributed by atoms with Crippen LogP contribution in [0.1, 0.15) is 19.4 Å². The number of aryl methyl sites for hydroxylation is 1. The van der Waals surface area contributed by atoms with Crippen LogP contribution >= 0.6 is 0 Å². The van der Waals surface area contributed by atoms with Gasteiger partial charge in [-0.1, -0.05) is 26.0 Å². The number of methoxy groups -OCH3 is 1. The van der Waals surface area contributed by atoms with Gasteiger partial charge in [0, 0.05) is 0 Å². The van der Waals surface area contributed by atoms with E-state index in [0.29, 0.717) is 11.5 Å². The molecule has 0 fully saturated rings. The molecule has 33 heavy (non-hydrogen) atoms. The van der Waals surface area contributed by atoms with E-state index in [4.69, 9.17) is 14.2 Å². The number of ether oxygens (including phenoxy) is 3. The van der Waals surface area contributed by atoms with Gasteiger partial charge in [0.1, 0.15) is 24.1 Å². The zero-order valence-electron chi connectivity index (χ0n) is 19.2. The van der Waals surface area contributed by atoms with E-state index in [1.54, 1.807) is 13.8 Å². The number of hydrogen-bond donors (Lipinski definition) is 2. The van der Waals surface area contributed by atoms with Gasteiger partial charge in [-0.05, 0) is 54.8 Å². The van der Waals surface area contributed by atoms with Crippen molar-refractivity contribution in [3.63, 3.8) is 0 Å². The Bertz CT molecular complexity index is 1040. The largest absolute Gasteiger partial charge is 0.497 e. The molecular weight excluding hydrogens is 448 g/mol. The Morgan fingerprint density at radius 1 is 1.03 bits per heavy atom. The molecule has 2 rings (SSSR count). The van der Waals surface area contributed by atoms with Gasteiger partial charge in [-0.25, -0.2) is 8.42 Å². The molecule has 0 aliphatic rings. The average molecular weight is 479 g/mol. The molecule has 1 amide bonds. The zero-order chi connectivity index (χ0) is 24.4. The molecule has 9 nitrogen and oxygen atoms in total. The van der Waals surface area contributed by atoms with E-state index in [2.05, 4.69) is 10.0 Å². The van der Waals surface area contributed by atoms with Crippen molar-refractivity contribution in [1.82, 2.24) is 10.0 Å². The lowest BCUT2D eigenvalue weighted by molar-refractivity contribution is -0.151. The van der Waals surface area contributed by atoms with E-state index in [-0.39, 0.29) is 18.0 Å². The highest BCUT2D eigenvalue weighted by atomic mass is 32.2. The molecule has 0 aromatic heterocycles. The fourth-order valence-corrected chi connectivity index (χ4v) is 4.12. The maximum Gasteiger partial charge on any atom is 0.324 e. The lowest BCUT2D eigenvalue weighted by atomic mass is 10.1. The van der Waals surface area contributed by atoms with E-state index < -0.39 is 40.5 Å². The van der Waals surface area contributed by atoms with Crippen LogP contribution in [0.15, 0.2) is 53.4 Å². The predicted octanol–water partition coefficient (Wildman–Crippen LogP) is 2.04. The first kappa shape index (κ1) is 26.1. The summed E-state index contributed by atoms with van der Waals surface area (Å²) in [6.45, 7) is 5.24. The number of carbonyl (C=O) groups is 2. The minimum Gasteiger partial charge on any atom is -0.497 e. The van der Waals surface area contributed by atoms with Gasteiger partial charge in [-0.2, -0.15) is 4.72 Å². The molecule has 2 aromatic carbocycles. The summed E-state index contributed by atoms with van der Waals surface area (Å²) in [5.74, 6) is -0.565. The minimum atomic E-state index is -3.98. The zero-order valence-corrected chi connectivity index (χ0v) is 20.0. The molecule has 0 aliphatic heterocycles. The van der Waals surface area contributed by atoms with E-state index in [9.17, 15) is 18.0 Å². The smallest absolute Gasteiger partial charge is 0.324 e. The summed E-state index contributed by atoms with van der Waals surface area (Å²) in [6, 6.07) is 12.1. The van der Waals surface area contributed by atoms with Crippen molar-refractivity contribution < 1.29 is 32.2 Å². The van der Waals surface area contributed by atoms with Gasteiger partial charge in [-0.15, -0.1) is 0 Å². The van der Waals surface area contributed by atoms with Crippen molar-refractivity contribution in [3.8, 4) is 11.5 Å². The number of amides is 1. The predicted molar refractivity (Wildman–Crippen MR) is 123 cm³/mol. The van der Waals surface area contributed by atoms with Crippen LogP contribution in [0.3, 0.4) is 0 Å². The minimum absolute atomic E-state index is 0.0203. The van der Waals surface area contributed by atoms with Crippen LogP contribution < -0.4 is 19.5 Å². The third-order valence-electron chi connectivity index (χ3n) is 4.60. The molecule has 0 saturated carbocycles. The van der Waals surface area contributed by atoms with Gasteiger partial charge < -0.3 is 19.5 Å². The summed E-state index contributed by atoms with van der Waals surface area (Å²) < 4.78 is 43.2. The molecule has 0 saturated heterocycles. The van der Waals surface area contributed by atoms with Crippen molar-refractivity contribution in [3.05, 3.63) is 54.1 Å². The van der Waals surface area contributed by atoms with Crippen LogP contribution in [-0.4, -0.2) is 53.2 Å². The summed E-state index contributed by atoms with van der Waals surface area (Å²) in [5, 5.41) is 2.58. The molecule has 0 radical (unpaired) electrons. The van der Waals surface area contributed by atoms with Gasteiger partial charge in [0.2, 0.25) is 10.0 Å². The number of sulfonamides is 1. The van der Waals surface area contributed by atoms with Gasteiger partial charge in [0.25, 0.3) is 5.91 Å². The summed E-state index contributed by atoms with van der Waals surface area (Å²) in [4.78, 5) is 24.4. The SMILES string of the molecule is COc1ccc(S(=O)(=O)N[C@H](C(=O)OCC(=O)NCCOc2cccc(C)c2)C(C)C)cc1. The number of carbonyl (C=O) groups excluding carboxylic acids is 2. The summed E-state index contributed by atoms with van der Waals surface area (Å²) in [6.07, 6.45) is 0. The maximum absolute atomic E-state index is 12.6. The van der Waals surface area contributed by atoms with Gasteiger partial charge in [-0.3, -0.25) is 9.59 Å². The first-order valence-electron chi connectivity index (χ1n) is 10.4. The number of hydrogen-bond acceptors (Lipinski definition) is 7. The standard InChI is InChI=1S/C23H30N2O7S/c1-16(2)22(25-33(28,29)20-10-8-18(30-4)9-11-20)23(27)32-15-21(26)24-12-13-31-19-7-5-6-17(3)14-19/h5-11,14,16,22,25H,12-13,15H2,1-4H3,(H,24,26)/t22-/m0/s1. The topological polar surface area (TPSA) is 120 Å². The van der Waals surface area contributed by atoms with Gasteiger partial charge in [0.15, 0.2) is 6.61 Å². The first-order valence-corrected chi connectivity index (χ1v) is 11.9. The molecule has 10 heteroatoms. The van der Waals surface area contributed by atoms with Crippen LogP contribution in [-0.2, 0) is 24.3 Å². The lowest BCUT2D eigenvalue weighted by Crippen LogP contribution is -2.46.